The first kappa shape index (κ1) is 11.8. The lowest BCUT2D eigenvalue weighted by Crippen LogP contribution is -2.45. The van der Waals surface area contributed by atoms with E-state index in [2.05, 4.69) is 4.84 Å². The maximum absolute atomic E-state index is 11.6. The third-order valence-corrected chi connectivity index (χ3v) is 2.26. The molecule has 84 valence electrons. The lowest BCUT2D eigenvalue weighted by molar-refractivity contribution is -0.194. The van der Waals surface area contributed by atoms with Crippen molar-refractivity contribution in [1.29, 1.82) is 5.26 Å². The maximum Gasteiger partial charge on any atom is 0.414 e. The lowest BCUT2D eigenvalue weighted by Gasteiger charge is -2.32. The summed E-state index contributed by atoms with van der Waals surface area (Å²) in [4.78, 5) is 15.2. The van der Waals surface area contributed by atoms with E-state index < -0.39 is 24.1 Å². The molecule has 1 rings (SSSR count). The van der Waals surface area contributed by atoms with E-state index in [-0.39, 0.29) is 0 Å². The van der Waals surface area contributed by atoms with Crippen LogP contribution in [0.3, 0.4) is 0 Å². The molecule has 0 radical (unpaired) electrons. The Morgan fingerprint density at radius 2 is 2.13 bits per heavy atom. The van der Waals surface area contributed by atoms with Gasteiger partial charge in [-0.3, -0.25) is 9.63 Å². The highest BCUT2D eigenvalue weighted by atomic mass is 19.4. The van der Waals surface area contributed by atoms with Gasteiger partial charge in [0, 0.05) is 0 Å². The molecule has 0 aromatic carbocycles. The van der Waals surface area contributed by atoms with E-state index in [0.29, 0.717) is 12.8 Å². The first-order chi connectivity index (χ1) is 6.90. The Morgan fingerprint density at radius 1 is 1.53 bits per heavy atom. The van der Waals surface area contributed by atoms with Gasteiger partial charge in [-0.1, -0.05) is 0 Å². The average molecular weight is 222 g/mol. The molecular weight excluding hydrogens is 213 g/mol. The number of hydroxylamine groups is 1. The molecule has 0 saturated heterocycles. The third kappa shape index (κ3) is 2.83. The van der Waals surface area contributed by atoms with Gasteiger partial charge in [0.05, 0.1) is 6.07 Å². The fourth-order valence-corrected chi connectivity index (χ4v) is 1.20. The second-order valence-electron chi connectivity index (χ2n) is 3.38. The molecule has 0 atom stereocenters. The Bertz CT molecular complexity index is 291. The molecule has 1 fully saturated rings. The van der Waals surface area contributed by atoms with Crippen LogP contribution in [0.25, 0.3) is 0 Å². The number of halogens is 3. The van der Waals surface area contributed by atoms with Gasteiger partial charge in [0.25, 0.3) is 5.91 Å². The van der Waals surface area contributed by atoms with Crippen LogP contribution in [-0.4, -0.2) is 18.7 Å². The lowest BCUT2D eigenvalue weighted by atomic mass is 9.69. The van der Waals surface area contributed by atoms with E-state index in [4.69, 9.17) is 5.26 Å². The van der Waals surface area contributed by atoms with Gasteiger partial charge in [-0.05, 0) is 19.3 Å². The molecule has 1 amide bonds. The Labute approximate surface area is 84.0 Å². The molecule has 7 heteroatoms. The van der Waals surface area contributed by atoms with Gasteiger partial charge < -0.3 is 0 Å². The monoisotopic (exact) mass is 222 g/mol. The highest BCUT2D eigenvalue weighted by Crippen LogP contribution is 2.40. The van der Waals surface area contributed by atoms with E-state index in [1.165, 1.54) is 0 Å². The minimum Gasteiger partial charge on any atom is -0.271 e. The summed E-state index contributed by atoms with van der Waals surface area (Å²) in [6.07, 6.45) is -3.04. The zero-order valence-electron chi connectivity index (χ0n) is 7.73. The van der Waals surface area contributed by atoms with Crippen molar-refractivity contribution in [3.05, 3.63) is 0 Å². The summed E-state index contributed by atoms with van der Waals surface area (Å²) in [5, 5.41) is 8.68. The average Bonchev–Trinajstić information content (AvgIpc) is 2.00. The fourth-order valence-electron chi connectivity index (χ4n) is 1.20. The van der Waals surface area contributed by atoms with Gasteiger partial charge >= 0.3 is 6.18 Å². The van der Waals surface area contributed by atoms with Gasteiger partial charge in [-0.15, -0.1) is 0 Å². The highest BCUT2D eigenvalue weighted by Gasteiger charge is 2.45. The fraction of sp³-hybridized carbons (Fsp3) is 0.750. The number of amides is 1. The molecule has 1 N–H and O–H groups in total. The van der Waals surface area contributed by atoms with E-state index in [1.54, 1.807) is 11.5 Å². The normalized spacial score (nSPS) is 18.8. The molecular formula is C8H9F3N2O2. The Kier molecular flexibility index (Phi) is 3.19. The van der Waals surface area contributed by atoms with Crippen molar-refractivity contribution in [3.8, 4) is 6.07 Å². The summed E-state index contributed by atoms with van der Waals surface area (Å²) in [5.74, 6) is -0.791. The van der Waals surface area contributed by atoms with E-state index in [0.717, 1.165) is 6.42 Å². The summed E-state index contributed by atoms with van der Waals surface area (Å²) in [7, 11) is 0. The standard InChI is InChI=1S/C8H9F3N2O2/c9-8(10,11)5-15-13-6(14)7(4-12)2-1-3-7/h1-3,5H2,(H,13,14). The number of nitrogens with zero attached hydrogens (tertiary/aromatic N) is 1. The van der Waals surface area contributed by atoms with E-state index in [1.807, 2.05) is 0 Å². The SMILES string of the molecule is N#CC1(C(=O)NOCC(F)(F)F)CCC1. The number of nitriles is 1. The molecule has 1 aliphatic rings. The van der Waals surface area contributed by atoms with Crippen LogP contribution in [0.1, 0.15) is 19.3 Å². The van der Waals surface area contributed by atoms with Crippen LogP contribution >= 0.6 is 0 Å². The summed E-state index contributed by atoms with van der Waals surface area (Å²) in [6.45, 7) is -1.56. The zero-order valence-corrected chi connectivity index (χ0v) is 7.73. The number of hydrogen-bond acceptors (Lipinski definition) is 3. The van der Waals surface area contributed by atoms with Gasteiger partial charge in [-0.2, -0.15) is 18.4 Å². The molecule has 1 saturated carbocycles. The molecule has 0 aromatic heterocycles. The molecule has 4 nitrogen and oxygen atoms in total. The van der Waals surface area contributed by atoms with Gasteiger partial charge in [-0.25, -0.2) is 5.48 Å². The van der Waals surface area contributed by atoms with E-state index in [9.17, 15) is 18.0 Å². The maximum atomic E-state index is 11.6. The molecule has 1 aliphatic carbocycles. The number of rotatable bonds is 3. The summed E-state index contributed by atoms with van der Waals surface area (Å²) >= 11 is 0. The van der Waals surface area contributed by atoms with E-state index >= 15 is 0 Å². The van der Waals surface area contributed by atoms with Crippen LogP contribution in [0.5, 0.6) is 0 Å². The van der Waals surface area contributed by atoms with Crippen molar-refractivity contribution in [2.75, 3.05) is 6.61 Å². The van der Waals surface area contributed by atoms with Crippen molar-refractivity contribution in [2.24, 2.45) is 5.41 Å². The topological polar surface area (TPSA) is 62.1 Å². The second-order valence-corrected chi connectivity index (χ2v) is 3.38. The van der Waals surface area contributed by atoms with Crippen LogP contribution in [0, 0.1) is 16.7 Å². The number of alkyl halides is 3. The zero-order chi connectivity index (χ0) is 11.5. The molecule has 0 aromatic rings. The number of nitrogens with one attached hydrogen (secondary N) is 1. The minimum atomic E-state index is -4.49. The Hall–Kier alpha value is -1.29. The second kappa shape index (κ2) is 4.06. The summed E-state index contributed by atoms with van der Waals surface area (Å²) in [6, 6.07) is 1.79. The molecule has 0 bridgehead atoms. The van der Waals surface area contributed by atoms with Crippen molar-refractivity contribution in [1.82, 2.24) is 5.48 Å². The van der Waals surface area contributed by atoms with Crippen LogP contribution in [0.15, 0.2) is 0 Å². The molecule has 0 unspecified atom stereocenters. The largest absolute Gasteiger partial charge is 0.414 e. The molecule has 15 heavy (non-hydrogen) atoms. The number of carbonyl (C=O) groups excluding carboxylic acids is 1. The Morgan fingerprint density at radius 3 is 2.47 bits per heavy atom. The predicted molar refractivity (Wildman–Crippen MR) is 42.0 cm³/mol. The highest BCUT2D eigenvalue weighted by molar-refractivity contribution is 5.85. The Balaban J connectivity index is 2.34. The van der Waals surface area contributed by atoms with Crippen LogP contribution in [0.2, 0.25) is 0 Å². The van der Waals surface area contributed by atoms with Crippen molar-refractivity contribution < 1.29 is 22.8 Å². The summed E-state index contributed by atoms with van der Waals surface area (Å²) in [5.41, 5.74) is 0.463. The first-order valence-corrected chi connectivity index (χ1v) is 4.30. The summed E-state index contributed by atoms with van der Waals surface area (Å²) < 4.78 is 34.9. The van der Waals surface area contributed by atoms with Gasteiger partial charge in [0.1, 0.15) is 5.41 Å². The van der Waals surface area contributed by atoms with Crippen LogP contribution in [0.4, 0.5) is 13.2 Å². The van der Waals surface area contributed by atoms with Crippen LogP contribution in [-0.2, 0) is 9.63 Å². The minimum absolute atomic E-state index is 0.366. The molecule has 0 spiro atoms. The van der Waals surface area contributed by atoms with Crippen molar-refractivity contribution >= 4 is 5.91 Å². The van der Waals surface area contributed by atoms with Crippen LogP contribution < -0.4 is 5.48 Å². The quantitative estimate of drug-likeness (QED) is 0.732. The third-order valence-electron chi connectivity index (χ3n) is 2.26. The number of hydrogen-bond donors (Lipinski definition) is 1. The predicted octanol–water partition coefficient (Wildman–Crippen LogP) is 1.29. The number of carbonyl (C=O) groups is 1. The van der Waals surface area contributed by atoms with Gasteiger partial charge in [0.15, 0.2) is 6.61 Å². The molecule has 0 aliphatic heterocycles. The van der Waals surface area contributed by atoms with Gasteiger partial charge in [0.2, 0.25) is 0 Å². The first-order valence-electron chi connectivity index (χ1n) is 4.30. The molecule has 0 heterocycles. The van der Waals surface area contributed by atoms with Crippen molar-refractivity contribution in [2.45, 2.75) is 25.4 Å². The van der Waals surface area contributed by atoms with Crippen molar-refractivity contribution in [3.63, 3.8) is 0 Å². The smallest absolute Gasteiger partial charge is 0.271 e.